The summed E-state index contributed by atoms with van der Waals surface area (Å²) in [6, 6.07) is 6.45. The van der Waals surface area contributed by atoms with Gasteiger partial charge in [-0.15, -0.1) is 0 Å². The molecule has 1 aromatic rings. The number of ketones is 1. The number of hydrogen-bond acceptors (Lipinski definition) is 7. The van der Waals surface area contributed by atoms with Crippen LogP contribution in [0.15, 0.2) is 29.2 Å². The highest BCUT2D eigenvalue weighted by Crippen LogP contribution is 2.40. The summed E-state index contributed by atoms with van der Waals surface area (Å²) in [4.78, 5) is 12.7. The van der Waals surface area contributed by atoms with E-state index in [1.165, 1.54) is 12.1 Å². The smallest absolute Gasteiger partial charge is 0.297 e. The van der Waals surface area contributed by atoms with E-state index in [1.54, 1.807) is 32.9 Å². The number of hydrogen-bond donors (Lipinski definition) is 0. The van der Waals surface area contributed by atoms with Crippen LogP contribution >= 0.6 is 0 Å². The zero-order valence-corrected chi connectivity index (χ0v) is 22.5. The molecular formula is C23H38O7SSi. The van der Waals surface area contributed by atoms with Crippen LogP contribution in [0.25, 0.3) is 0 Å². The summed E-state index contributed by atoms with van der Waals surface area (Å²) in [6.07, 6.45) is -2.15. The molecule has 1 aliphatic rings. The van der Waals surface area contributed by atoms with Gasteiger partial charge in [-0.3, -0.25) is 8.98 Å². The lowest BCUT2D eigenvalue weighted by Gasteiger charge is -2.40. The molecule has 1 heterocycles. The van der Waals surface area contributed by atoms with Gasteiger partial charge in [0.25, 0.3) is 10.1 Å². The first-order valence-electron chi connectivity index (χ1n) is 11.0. The Balaban J connectivity index is 2.36. The van der Waals surface area contributed by atoms with E-state index in [1.807, 2.05) is 6.92 Å². The predicted molar refractivity (Wildman–Crippen MR) is 126 cm³/mol. The van der Waals surface area contributed by atoms with Gasteiger partial charge in [-0.2, -0.15) is 8.42 Å². The molecule has 0 N–H and O–H groups in total. The number of benzene rings is 1. The normalized spacial score (nSPS) is 22.7. The van der Waals surface area contributed by atoms with Crippen LogP contribution < -0.4 is 0 Å². The van der Waals surface area contributed by atoms with Gasteiger partial charge in [0, 0.05) is 6.42 Å². The van der Waals surface area contributed by atoms with Crippen molar-refractivity contribution in [1.82, 2.24) is 0 Å². The molecule has 182 valence electrons. The third-order valence-electron chi connectivity index (χ3n) is 6.11. The molecule has 9 heteroatoms. The van der Waals surface area contributed by atoms with Crippen LogP contribution in [0.3, 0.4) is 0 Å². The second-order valence-electron chi connectivity index (χ2n) is 10.3. The van der Waals surface area contributed by atoms with E-state index >= 15 is 0 Å². The van der Waals surface area contributed by atoms with Crippen molar-refractivity contribution in [3.05, 3.63) is 29.8 Å². The average molecular weight is 487 g/mol. The minimum absolute atomic E-state index is 0.0688. The summed E-state index contributed by atoms with van der Waals surface area (Å²) in [5.41, 5.74) is 0.947. The molecule has 1 saturated heterocycles. The maximum absolute atomic E-state index is 12.8. The summed E-state index contributed by atoms with van der Waals surface area (Å²) >= 11 is 0. The van der Waals surface area contributed by atoms with Crippen molar-refractivity contribution in [2.45, 2.75) is 102 Å². The van der Waals surface area contributed by atoms with Gasteiger partial charge >= 0.3 is 0 Å². The fraction of sp³-hybridized carbons (Fsp3) is 0.696. The predicted octanol–water partition coefficient (Wildman–Crippen LogP) is 4.59. The van der Waals surface area contributed by atoms with Crippen molar-refractivity contribution in [3.8, 4) is 0 Å². The maximum atomic E-state index is 12.8. The van der Waals surface area contributed by atoms with Crippen LogP contribution in [0.2, 0.25) is 18.1 Å². The lowest BCUT2D eigenvalue weighted by atomic mass is 10.0. The summed E-state index contributed by atoms with van der Waals surface area (Å²) in [5.74, 6) is -1.11. The van der Waals surface area contributed by atoms with Gasteiger partial charge in [0.1, 0.15) is 12.2 Å². The molecular weight excluding hydrogens is 448 g/mol. The molecule has 0 bridgehead atoms. The first-order chi connectivity index (χ1) is 14.5. The number of rotatable bonds is 9. The average Bonchev–Trinajstić information content (AvgIpc) is 2.99. The Morgan fingerprint density at radius 2 is 1.72 bits per heavy atom. The molecule has 3 atom stereocenters. The molecule has 7 nitrogen and oxygen atoms in total. The van der Waals surface area contributed by atoms with E-state index < -0.39 is 42.5 Å². The van der Waals surface area contributed by atoms with E-state index in [-0.39, 0.29) is 28.7 Å². The molecule has 0 saturated carbocycles. The van der Waals surface area contributed by atoms with Gasteiger partial charge in [0.2, 0.25) is 0 Å². The molecule has 0 radical (unpaired) electrons. The number of aryl methyl sites for hydroxylation is 1. The molecule has 32 heavy (non-hydrogen) atoms. The third kappa shape index (κ3) is 6.48. The van der Waals surface area contributed by atoms with Gasteiger partial charge in [-0.05, 0) is 51.0 Å². The Kier molecular flexibility index (Phi) is 8.17. The molecule has 0 aliphatic carbocycles. The fourth-order valence-corrected chi connectivity index (χ4v) is 5.42. The van der Waals surface area contributed by atoms with Crippen molar-refractivity contribution < 1.29 is 31.3 Å². The van der Waals surface area contributed by atoms with Gasteiger partial charge in [-0.25, -0.2) is 0 Å². The lowest BCUT2D eigenvalue weighted by Crippen LogP contribution is -2.52. The highest BCUT2D eigenvalue weighted by atomic mass is 32.2. The first kappa shape index (κ1) is 27.1. The number of ether oxygens (including phenoxy) is 2. The Labute approximate surface area is 194 Å². The Morgan fingerprint density at radius 3 is 2.22 bits per heavy atom. The SMILES string of the molecule is CCC(=O)[C@H]1OC(C)(C)O[C@H]1[C@@H](COS(=O)(=O)c1ccc(C)cc1)O[Si](C)(C)C(C)(C)C. The first-order valence-corrected chi connectivity index (χ1v) is 15.3. The topological polar surface area (TPSA) is 88.1 Å². The highest BCUT2D eigenvalue weighted by molar-refractivity contribution is 7.86. The summed E-state index contributed by atoms with van der Waals surface area (Å²) in [6.45, 7) is 17.2. The van der Waals surface area contributed by atoms with Crippen molar-refractivity contribution in [2.75, 3.05) is 6.61 Å². The van der Waals surface area contributed by atoms with Gasteiger partial charge in [0.05, 0.1) is 17.6 Å². The quantitative estimate of drug-likeness (QED) is 0.372. The maximum Gasteiger partial charge on any atom is 0.297 e. The number of Topliss-reactive ketones (excluding diaryl/α,β-unsaturated/α-hetero) is 1. The summed E-state index contributed by atoms with van der Waals surface area (Å²) < 4.78 is 49.6. The van der Waals surface area contributed by atoms with E-state index in [0.29, 0.717) is 0 Å². The Hall–Kier alpha value is -1.10. The standard InChI is InChI=1S/C23H38O7SSi/c1-10-18(24)20-21(29-23(6,7)28-20)19(30-32(8,9)22(3,4)5)15-27-31(25,26)17-13-11-16(2)12-14-17/h11-14,19-21H,10,15H2,1-9H3/t19-,20-,21+/m1/s1. The van der Waals surface area contributed by atoms with E-state index in [9.17, 15) is 13.2 Å². The van der Waals surface area contributed by atoms with Crippen LogP contribution in [0.5, 0.6) is 0 Å². The van der Waals surface area contributed by atoms with Crippen LogP contribution in [-0.4, -0.2) is 53.2 Å². The summed E-state index contributed by atoms with van der Waals surface area (Å²) in [7, 11) is -6.37. The van der Waals surface area contributed by atoms with Gasteiger partial charge in [-0.1, -0.05) is 45.4 Å². The minimum Gasteiger partial charge on any atom is -0.409 e. The van der Waals surface area contributed by atoms with E-state index in [4.69, 9.17) is 18.1 Å². The van der Waals surface area contributed by atoms with E-state index in [0.717, 1.165) is 5.56 Å². The molecule has 1 aliphatic heterocycles. The molecule has 1 aromatic carbocycles. The molecule has 0 spiro atoms. The van der Waals surface area contributed by atoms with E-state index in [2.05, 4.69) is 33.9 Å². The second kappa shape index (κ2) is 9.64. The van der Waals surface area contributed by atoms with Crippen molar-refractivity contribution in [3.63, 3.8) is 0 Å². The fourth-order valence-electron chi connectivity index (χ4n) is 3.19. The minimum atomic E-state index is -4.01. The van der Waals surface area contributed by atoms with Crippen molar-refractivity contribution >= 4 is 24.2 Å². The monoisotopic (exact) mass is 486 g/mol. The Bertz CT molecular complexity index is 901. The molecule has 1 fully saturated rings. The van der Waals surface area contributed by atoms with Crippen LogP contribution in [0.4, 0.5) is 0 Å². The largest absolute Gasteiger partial charge is 0.409 e. The molecule has 0 unspecified atom stereocenters. The van der Waals surface area contributed by atoms with Crippen LogP contribution in [-0.2, 0) is 33.0 Å². The molecule has 2 rings (SSSR count). The van der Waals surface area contributed by atoms with Gasteiger partial charge < -0.3 is 13.9 Å². The second-order valence-corrected chi connectivity index (χ2v) is 16.7. The lowest BCUT2D eigenvalue weighted by molar-refractivity contribution is -0.159. The van der Waals surface area contributed by atoms with Crippen molar-refractivity contribution in [1.29, 1.82) is 0 Å². The van der Waals surface area contributed by atoms with Gasteiger partial charge in [0.15, 0.2) is 19.9 Å². The zero-order chi connectivity index (χ0) is 24.5. The zero-order valence-electron chi connectivity index (χ0n) is 20.7. The molecule has 0 amide bonds. The number of carbonyl (C=O) groups excluding carboxylic acids is 1. The highest BCUT2D eigenvalue weighted by Gasteiger charge is 2.51. The molecule has 0 aromatic heterocycles. The van der Waals surface area contributed by atoms with Crippen LogP contribution in [0, 0.1) is 6.92 Å². The van der Waals surface area contributed by atoms with Crippen LogP contribution in [0.1, 0.15) is 53.5 Å². The number of carbonyl (C=O) groups is 1. The van der Waals surface area contributed by atoms with Crippen molar-refractivity contribution in [2.24, 2.45) is 0 Å². The Morgan fingerprint density at radius 1 is 1.16 bits per heavy atom. The summed E-state index contributed by atoms with van der Waals surface area (Å²) in [5, 5.41) is -0.139. The third-order valence-corrected chi connectivity index (χ3v) is 11.9.